The number of aromatic nitrogens is 3. The van der Waals surface area contributed by atoms with Crippen molar-refractivity contribution in [3.8, 4) is 0 Å². The lowest BCUT2D eigenvalue weighted by Gasteiger charge is -2.24. The fraction of sp³-hybridized carbons (Fsp3) is 0.273. The standard InChI is InChI=1S/C22H22FN5O2/c1-14-4-2-6-18(23)20(14)27-22(30)17-13-26-28-9-7-15(10-19(17)28)11-25-21(29)16-5-3-8-24-12-16/h2-6,8,12-13,15H,7,9-11H2,1H3,(H,25,29)(H,27,30). The maximum atomic E-state index is 14.1. The van der Waals surface area contributed by atoms with Gasteiger partial charge >= 0.3 is 0 Å². The summed E-state index contributed by atoms with van der Waals surface area (Å²) in [5.74, 6) is -0.850. The number of fused-ring (bicyclic) bond motifs is 1. The van der Waals surface area contributed by atoms with E-state index in [1.54, 1.807) is 37.4 Å². The Labute approximate surface area is 173 Å². The summed E-state index contributed by atoms with van der Waals surface area (Å²) in [6.45, 7) is 2.90. The average Bonchev–Trinajstić information content (AvgIpc) is 3.18. The number of hydrogen-bond donors (Lipinski definition) is 2. The number of rotatable bonds is 5. The Hall–Kier alpha value is -3.55. The molecule has 7 nitrogen and oxygen atoms in total. The van der Waals surface area contributed by atoms with Crippen LogP contribution in [0, 0.1) is 18.7 Å². The van der Waals surface area contributed by atoms with E-state index in [0.29, 0.717) is 36.2 Å². The molecule has 1 unspecified atom stereocenters. The molecule has 30 heavy (non-hydrogen) atoms. The molecule has 3 aromatic rings. The van der Waals surface area contributed by atoms with Crippen molar-refractivity contribution in [3.05, 3.63) is 77.1 Å². The summed E-state index contributed by atoms with van der Waals surface area (Å²) in [6, 6.07) is 8.10. The molecule has 4 rings (SSSR count). The second-order valence-electron chi connectivity index (χ2n) is 7.42. The molecule has 0 radical (unpaired) electrons. The quantitative estimate of drug-likeness (QED) is 0.681. The Morgan fingerprint density at radius 2 is 2.07 bits per heavy atom. The van der Waals surface area contributed by atoms with E-state index < -0.39 is 5.82 Å². The minimum absolute atomic E-state index is 0.171. The predicted octanol–water partition coefficient (Wildman–Crippen LogP) is 2.97. The first-order chi connectivity index (χ1) is 14.5. The van der Waals surface area contributed by atoms with Crippen LogP contribution in [0.25, 0.3) is 0 Å². The summed E-state index contributed by atoms with van der Waals surface area (Å²) in [5.41, 5.74) is 2.58. The SMILES string of the molecule is Cc1cccc(F)c1NC(=O)c1cnn2c1CC(CNC(=O)c1cccnc1)CC2. The Morgan fingerprint density at radius 3 is 2.83 bits per heavy atom. The third-order valence-corrected chi connectivity index (χ3v) is 5.36. The zero-order valence-electron chi connectivity index (χ0n) is 16.6. The molecule has 2 N–H and O–H groups in total. The number of amides is 2. The van der Waals surface area contributed by atoms with E-state index in [9.17, 15) is 14.0 Å². The second kappa shape index (κ2) is 8.44. The minimum atomic E-state index is -0.472. The van der Waals surface area contributed by atoms with Crippen molar-refractivity contribution in [2.75, 3.05) is 11.9 Å². The average molecular weight is 407 g/mol. The molecule has 8 heteroatoms. The molecule has 2 amide bonds. The Kier molecular flexibility index (Phi) is 5.56. The van der Waals surface area contributed by atoms with E-state index in [1.807, 2.05) is 4.68 Å². The number of pyridine rings is 1. The second-order valence-corrected chi connectivity index (χ2v) is 7.42. The van der Waals surface area contributed by atoms with Crippen molar-refractivity contribution in [1.82, 2.24) is 20.1 Å². The van der Waals surface area contributed by atoms with Gasteiger partial charge in [-0.15, -0.1) is 0 Å². The van der Waals surface area contributed by atoms with Crippen LogP contribution in [0.3, 0.4) is 0 Å². The molecule has 0 saturated heterocycles. The fourth-order valence-electron chi connectivity index (χ4n) is 3.67. The van der Waals surface area contributed by atoms with Crippen molar-refractivity contribution >= 4 is 17.5 Å². The van der Waals surface area contributed by atoms with E-state index in [4.69, 9.17) is 0 Å². The topological polar surface area (TPSA) is 88.9 Å². The molecule has 154 valence electrons. The van der Waals surface area contributed by atoms with Crippen LogP contribution in [-0.4, -0.2) is 33.1 Å². The van der Waals surface area contributed by atoms with Crippen molar-refractivity contribution in [1.29, 1.82) is 0 Å². The molecular formula is C22H22FN5O2. The summed E-state index contributed by atoms with van der Waals surface area (Å²) in [5, 5.41) is 9.92. The smallest absolute Gasteiger partial charge is 0.259 e. The number of halogens is 1. The van der Waals surface area contributed by atoms with Crippen LogP contribution in [0.5, 0.6) is 0 Å². The largest absolute Gasteiger partial charge is 0.352 e. The van der Waals surface area contributed by atoms with E-state index in [0.717, 1.165) is 12.1 Å². The monoisotopic (exact) mass is 407 g/mol. The zero-order valence-corrected chi connectivity index (χ0v) is 16.6. The van der Waals surface area contributed by atoms with Crippen molar-refractivity contribution in [2.45, 2.75) is 26.3 Å². The van der Waals surface area contributed by atoms with E-state index >= 15 is 0 Å². The van der Waals surface area contributed by atoms with E-state index in [-0.39, 0.29) is 23.4 Å². The molecule has 1 aromatic carbocycles. The number of anilines is 1. The summed E-state index contributed by atoms with van der Waals surface area (Å²) in [6.07, 6.45) is 6.12. The van der Waals surface area contributed by atoms with Gasteiger partial charge in [0.1, 0.15) is 5.82 Å². The minimum Gasteiger partial charge on any atom is -0.352 e. The van der Waals surface area contributed by atoms with Crippen LogP contribution in [0.2, 0.25) is 0 Å². The highest BCUT2D eigenvalue weighted by atomic mass is 19.1. The maximum absolute atomic E-state index is 14.1. The Morgan fingerprint density at radius 1 is 1.20 bits per heavy atom. The third-order valence-electron chi connectivity index (χ3n) is 5.36. The highest BCUT2D eigenvalue weighted by molar-refractivity contribution is 6.05. The Balaban J connectivity index is 1.43. The normalized spacial score (nSPS) is 15.3. The lowest BCUT2D eigenvalue weighted by Crippen LogP contribution is -2.33. The molecule has 0 bridgehead atoms. The molecule has 3 heterocycles. The predicted molar refractivity (Wildman–Crippen MR) is 110 cm³/mol. The van der Waals surface area contributed by atoms with Gasteiger partial charge in [-0.25, -0.2) is 4.39 Å². The van der Waals surface area contributed by atoms with Crippen molar-refractivity contribution in [3.63, 3.8) is 0 Å². The highest BCUT2D eigenvalue weighted by Gasteiger charge is 2.26. The number of carbonyl (C=O) groups excluding carboxylic acids is 2. The van der Waals surface area contributed by atoms with Crippen LogP contribution >= 0.6 is 0 Å². The van der Waals surface area contributed by atoms with Gasteiger partial charge in [0.15, 0.2) is 0 Å². The lowest BCUT2D eigenvalue weighted by atomic mass is 9.94. The summed E-state index contributed by atoms with van der Waals surface area (Å²) in [7, 11) is 0. The number of aryl methyl sites for hydroxylation is 2. The van der Waals surface area contributed by atoms with Crippen LogP contribution in [-0.2, 0) is 13.0 Å². The van der Waals surface area contributed by atoms with Gasteiger partial charge in [0.2, 0.25) is 0 Å². The molecular weight excluding hydrogens is 385 g/mol. The van der Waals surface area contributed by atoms with Gasteiger partial charge in [-0.1, -0.05) is 12.1 Å². The number of para-hydroxylation sites is 1. The van der Waals surface area contributed by atoms with Crippen molar-refractivity contribution < 1.29 is 14.0 Å². The van der Waals surface area contributed by atoms with Crippen LogP contribution < -0.4 is 10.6 Å². The van der Waals surface area contributed by atoms with Gasteiger partial charge in [-0.3, -0.25) is 19.3 Å². The molecule has 0 fully saturated rings. The third kappa shape index (κ3) is 4.07. The number of benzene rings is 1. The number of hydrogen-bond acceptors (Lipinski definition) is 4. The number of nitrogens with one attached hydrogen (secondary N) is 2. The summed E-state index contributed by atoms with van der Waals surface area (Å²) < 4.78 is 15.9. The number of nitrogens with zero attached hydrogens (tertiary/aromatic N) is 3. The van der Waals surface area contributed by atoms with E-state index in [1.165, 1.54) is 18.5 Å². The summed E-state index contributed by atoms with van der Waals surface area (Å²) in [4.78, 5) is 29.0. The molecule has 2 aromatic heterocycles. The van der Waals surface area contributed by atoms with Gasteiger partial charge in [-0.2, -0.15) is 5.10 Å². The fourth-order valence-corrected chi connectivity index (χ4v) is 3.67. The van der Waals surface area contributed by atoms with E-state index in [2.05, 4.69) is 20.7 Å². The number of carbonyl (C=O) groups is 2. The molecule has 1 aliphatic rings. The van der Waals surface area contributed by atoms with Gasteiger partial charge < -0.3 is 10.6 Å². The first-order valence-electron chi connectivity index (χ1n) is 9.82. The highest BCUT2D eigenvalue weighted by Crippen LogP contribution is 2.25. The van der Waals surface area contributed by atoms with Gasteiger partial charge in [0.05, 0.1) is 28.7 Å². The van der Waals surface area contributed by atoms with Gasteiger partial charge in [0.25, 0.3) is 11.8 Å². The first kappa shape index (κ1) is 19.8. The molecule has 0 spiro atoms. The Bertz CT molecular complexity index is 1060. The molecule has 1 atom stereocenters. The maximum Gasteiger partial charge on any atom is 0.259 e. The summed E-state index contributed by atoms with van der Waals surface area (Å²) >= 11 is 0. The lowest BCUT2D eigenvalue weighted by molar-refractivity contribution is 0.0942. The zero-order chi connectivity index (χ0) is 21.1. The first-order valence-corrected chi connectivity index (χ1v) is 9.82. The molecule has 0 aliphatic carbocycles. The van der Waals surface area contributed by atoms with Gasteiger partial charge in [0, 0.05) is 25.5 Å². The van der Waals surface area contributed by atoms with Crippen molar-refractivity contribution in [2.24, 2.45) is 5.92 Å². The van der Waals surface area contributed by atoms with Crippen LogP contribution in [0.1, 0.15) is 38.4 Å². The molecule has 1 aliphatic heterocycles. The van der Waals surface area contributed by atoms with Crippen LogP contribution in [0.15, 0.2) is 48.9 Å². The van der Waals surface area contributed by atoms with Crippen LogP contribution in [0.4, 0.5) is 10.1 Å². The van der Waals surface area contributed by atoms with Gasteiger partial charge in [-0.05, 0) is 49.4 Å². The molecule has 0 saturated carbocycles.